The Balaban J connectivity index is 1.41. The van der Waals surface area contributed by atoms with Crippen molar-refractivity contribution in [1.29, 1.82) is 0 Å². The van der Waals surface area contributed by atoms with E-state index >= 15 is 0 Å². The van der Waals surface area contributed by atoms with E-state index in [-0.39, 0.29) is 65.5 Å². The highest BCUT2D eigenvalue weighted by atomic mass is 16.7. The second-order valence-electron chi connectivity index (χ2n) is 13.5. The molecule has 4 saturated carbocycles. The summed E-state index contributed by atoms with van der Waals surface area (Å²) in [5.41, 5.74) is -0.248. The van der Waals surface area contributed by atoms with Gasteiger partial charge in [0.05, 0.1) is 24.9 Å². The summed E-state index contributed by atoms with van der Waals surface area (Å²) in [6.45, 7) is 10.7. The van der Waals surface area contributed by atoms with Crippen LogP contribution in [0.25, 0.3) is 0 Å². The molecule has 0 aromatic heterocycles. The molecule has 6 unspecified atom stereocenters. The monoisotopic (exact) mass is 508 g/mol. The molecule has 206 valence electrons. The van der Waals surface area contributed by atoms with Gasteiger partial charge < -0.3 is 24.8 Å². The molecule has 7 heteroatoms. The van der Waals surface area contributed by atoms with Crippen LogP contribution in [0.5, 0.6) is 0 Å². The first-order valence-corrected chi connectivity index (χ1v) is 14.3. The molecular weight excluding hydrogens is 460 g/mol. The van der Waals surface area contributed by atoms with Crippen molar-refractivity contribution in [2.24, 2.45) is 52.3 Å². The predicted octanol–water partition coefficient (Wildman–Crippen LogP) is 4.70. The van der Waals surface area contributed by atoms with E-state index in [1.807, 2.05) is 13.8 Å². The van der Waals surface area contributed by atoms with Gasteiger partial charge in [0, 0.05) is 6.42 Å². The number of aliphatic hydroxyl groups excluding tert-OH is 3. The molecule has 0 amide bonds. The van der Waals surface area contributed by atoms with Gasteiger partial charge >= 0.3 is 12.1 Å². The molecule has 0 heterocycles. The SMILES string of the molecule is CC(C)COC(=O)OC(=O)CCC(C)C1CCC2C3C(C[C@H](O)[C@]12C)[C@@]1(C)CC[C@@H](O)CC1C[C@H]3O. The predicted molar refractivity (Wildman–Crippen MR) is 135 cm³/mol. The summed E-state index contributed by atoms with van der Waals surface area (Å²) < 4.78 is 9.76. The maximum absolute atomic E-state index is 12.2. The summed E-state index contributed by atoms with van der Waals surface area (Å²) in [5, 5.41) is 33.3. The second kappa shape index (κ2) is 10.5. The highest BCUT2D eigenvalue weighted by molar-refractivity contribution is 5.81. The van der Waals surface area contributed by atoms with Crippen LogP contribution in [0.1, 0.15) is 92.4 Å². The first-order chi connectivity index (χ1) is 16.9. The Morgan fingerprint density at radius 3 is 2.39 bits per heavy atom. The summed E-state index contributed by atoms with van der Waals surface area (Å²) in [6.07, 6.45) is 4.61. The quantitative estimate of drug-likeness (QED) is 0.352. The molecule has 0 aromatic carbocycles. The maximum atomic E-state index is 12.2. The number of ether oxygens (including phenoxy) is 2. The van der Waals surface area contributed by atoms with E-state index in [0.717, 1.165) is 38.5 Å². The van der Waals surface area contributed by atoms with Crippen LogP contribution < -0.4 is 0 Å². The zero-order valence-corrected chi connectivity index (χ0v) is 22.8. The lowest BCUT2D eigenvalue weighted by Crippen LogP contribution is -2.62. The Labute approximate surface area is 216 Å². The minimum atomic E-state index is -0.934. The van der Waals surface area contributed by atoms with E-state index in [2.05, 4.69) is 20.8 Å². The summed E-state index contributed by atoms with van der Waals surface area (Å²) in [6, 6.07) is 0. The number of rotatable bonds is 6. The van der Waals surface area contributed by atoms with Gasteiger partial charge in [-0.25, -0.2) is 4.79 Å². The van der Waals surface area contributed by atoms with Crippen LogP contribution in [-0.2, 0) is 14.3 Å². The van der Waals surface area contributed by atoms with Crippen molar-refractivity contribution in [2.75, 3.05) is 6.61 Å². The molecule has 0 saturated heterocycles. The number of aliphatic hydroxyl groups is 3. The molecule has 11 atom stereocenters. The van der Waals surface area contributed by atoms with Crippen LogP contribution in [0.2, 0.25) is 0 Å². The number of carbonyl (C=O) groups excluding carboxylic acids is 2. The number of carbonyl (C=O) groups is 2. The van der Waals surface area contributed by atoms with Crippen LogP contribution >= 0.6 is 0 Å². The van der Waals surface area contributed by atoms with E-state index in [9.17, 15) is 24.9 Å². The second-order valence-corrected chi connectivity index (χ2v) is 13.5. The van der Waals surface area contributed by atoms with Crippen molar-refractivity contribution in [3.63, 3.8) is 0 Å². The highest BCUT2D eigenvalue weighted by Gasteiger charge is 2.65. The van der Waals surface area contributed by atoms with Crippen LogP contribution in [-0.4, -0.2) is 52.4 Å². The largest absolute Gasteiger partial charge is 0.516 e. The minimum Gasteiger partial charge on any atom is -0.434 e. The van der Waals surface area contributed by atoms with Crippen molar-refractivity contribution >= 4 is 12.1 Å². The van der Waals surface area contributed by atoms with Gasteiger partial charge in [-0.1, -0.05) is 34.6 Å². The molecule has 7 nitrogen and oxygen atoms in total. The maximum Gasteiger partial charge on any atom is 0.516 e. The summed E-state index contributed by atoms with van der Waals surface area (Å²) in [7, 11) is 0. The van der Waals surface area contributed by atoms with Gasteiger partial charge in [-0.05, 0) is 104 Å². The molecule has 0 aromatic rings. The average Bonchev–Trinajstić information content (AvgIpc) is 3.16. The first kappa shape index (κ1) is 27.8. The molecule has 0 bridgehead atoms. The molecular formula is C29H48O7. The van der Waals surface area contributed by atoms with Crippen molar-refractivity contribution < 1.29 is 34.4 Å². The normalized spacial score (nSPS) is 44.8. The molecule has 0 radical (unpaired) electrons. The fourth-order valence-corrected chi connectivity index (χ4v) is 9.09. The third kappa shape index (κ3) is 4.96. The van der Waals surface area contributed by atoms with Crippen LogP contribution in [0.15, 0.2) is 0 Å². The van der Waals surface area contributed by atoms with E-state index in [4.69, 9.17) is 9.47 Å². The lowest BCUT2D eigenvalue weighted by Gasteiger charge is -2.63. The molecule has 3 N–H and O–H groups in total. The zero-order chi connectivity index (χ0) is 26.4. The van der Waals surface area contributed by atoms with E-state index in [1.165, 1.54) is 0 Å². The molecule has 4 fully saturated rings. The van der Waals surface area contributed by atoms with Gasteiger partial charge in [0.15, 0.2) is 0 Å². The van der Waals surface area contributed by atoms with Gasteiger partial charge in [0.1, 0.15) is 0 Å². The van der Waals surface area contributed by atoms with Crippen molar-refractivity contribution in [3.8, 4) is 0 Å². The lowest BCUT2D eigenvalue weighted by atomic mass is 9.43. The topological polar surface area (TPSA) is 113 Å². The lowest BCUT2D eigenvalue weighted by molar-refractivity contribution is -0.207. The first-order valence-electron chi connectivity index (χ1n) is 14.3. The number of esters is 1. The Bertz CT molecular complexity index is 813. The third-order valence-corrected chi connectivity index (χ3v) is 11.1. The fraction of sp³-hybridized carbons (Fsp3) is 0.931. The summed E-state index contributed by atoms with van der Waals surface area (Å²) in [4.78, 5) is 24.0. The van der Waals surface area contributed by atoms with Gasteiger partial charge in [0.25, 0.3) is 0 Å². The number of hydrogen-bond acceptors (Lipinski definition) is 7. The van der Waals surface area contributed by atoms with Gasteiger partial charge in [0.2, 0.25) is 0 Å². The highest BCUT2D eigenvalue weighted by Crippen LogP contribution is 2.68. The summed E-state index contributed by atoms with van der Waals surface area (Å²) in [5.74, 6) is 1.02. The Morgan fingerprint density at radius 2 is 1.69 bits per heavy atom. The van der Waals surface area contributed by atoms with Crippen LogP contribution in [0, 0.1) is 52.3 Å². The molecule has 4 aliphatic rings. The number of fused-ring (bicyclic) bond motifs is 5. The molecule has 4 aliphatic carbocycles. The standard InChI is InChI=1S/C29H48O7/c1-16(2)15-35-27(34)36-25(33)9-6-17(3)20-7-8-21-26-22(14-24(32)29(20,21)5)28(4)11-10-19(30)12-18(28)13-23(26)31/h16-24,26,30-32H,6-15H2,1-5H3/t17?,18?,19-,20?,21?,22?,23-,24+,26?,28+,29-/m1/s1. The Morgan fingerprint density at radius 1 is 0.972 bits per heavy atom. The van der Waals surface area contributed by atoms with Crippen molar-refractivity contribution in [1.82, 2.24) is 0 Å². The fourth-order valence-electron chi connectivity index (χ4n) is 9.09. The van der Waals surface area contributed by atoms with Gasteiger partial charge in [-0.15, -0.1) is 0 Å². The minimum absolute atomic E-state index is 0.0586. The molecule has 4 rings (SSSR count). The Kier molecular flexibility index (Phi) is 8.14. The summed E-state index contributed by atoms with van der Waals surface area (Å²) >= 11 is 0. The van der Waals surface area contributed by atoms with E-state index in [1.54, 1.807) is 0 Å². The van der Waals surface area contributed by atoms with Crippen LogP contribution in [0.4, 0.5) is 4.79 Å². The third-order valence-electron chi connectivity index (χ3n) is 11.1. The zero-order valence-electron chi connectivity index (χ0n) is 22.8. The molecule has 36 heavy (non-hydrogen) atoms. The molecule has 0 spiro atoms. The van der Waals surface area contributed by atoms with E-state index in [0.29, 0.717) is 18.8 Å². The van der Waals surface area contributed by atoms with Crippen LogP contribution in [0.3, 0.4) is 0 Å². The Hall–Kier alpha value is -1.18. The van der Waals surface area contributed by atoms with E-state index < -0.39 is 24.3 Å². The number of hydrogen-bond donors (Lipinski definition) is 3. The molecule has 0 aliphatic heterocycles. The van der Waals surface area contributed by atoms with Gasteiger partial charge in [-0.3, -0.25) is 4.79 Å². The smallest absolute Gasteiger partial charge is 0.434 e. The van der Waals surface area contributed by atoms with Crippen molar-refractivity contribution in [3.05, 3.63) is 0 Å². The van der Waals surface area contributed by atoms with Gasteiger partial charge in [-0.2, -0.15) is 0 Å². The van der Waals surface area contributed by atoms with Crippen molar-refractivity contribution in [2.45, 2.75) is 111 Å². The average molecular weight is 509 g/mol.